The van der Waals surface area contributed by atoms with Crippen molar-refractivity contribution in [3.63, 3.8) is 0 Å². The highest BCUT2D eigenvalue weighted by atomic mass is 31.2. The third kappa shape index (κ3) is 5.64. The summed E-state index contributed by atoms with van der Waals surface area (Å²) >= 11 is 0. The van der Waals surface area contributed by atoms with Crippen molar-refractivity contribution >= 4 is 7.60 Å². The lowest BCUT2D eigenvalue weighted by molar-refractivity contribution is 0.144. The number of aliphatic hydroxyl groups is 1. The SMILES string of the molecule is COP(=O)(C[C@@H](O)[C@H](N)CC(C)C)OC. The summed E-state index contributed by atoms with van der Waals surface area (Å²) in [6.07, 6.45) is -0.249. The van der Waals surface area contributed by atoms with E-state index in [1.807, 2.05) is 13.8 Å². The number of nitrogens with two attached hydrogens (primary N) is 1. The normalized spacial score (nSPS) is 16.7. The molecule has 0 fully saturated rings. The highest BCUT2D eigenvalue weighted by molar-refractivity contribution is 7.53. The largest absolute Gasteiger partial charge is 0.391 e. The van der Waals surface area contributed by atoms with Crippen LogP contribution in [0.15, 0.2) is 0 Å². The van der Waals surface area contributed by atoms with Crippen molar-refractivity contribution < 1.29 is 18.7 Å². The first kappa shape index (κ1) is 15.1. The molecule has 0 unspecified atom stereocenters. The molecule has 3 N–H and O–H groups in total. The van der Waals surface area contributed by atoms with Crippen LogP contribution in [-0.2, 0) is 13.6 Å². The van der Waals surface area contributed by atoms with Crippen molar-refractivity contribution in [2.75, 3.05) is 20.4 Å². The van der Waals surface area contributed by atoms with Crippen LogP contribution in [0.4, 0.5) is 0 Å². The monoisotopic (exact) mass is 239 g/mol. The average Bonchev–Trinajstić information content (AvgIpc) is 2.16. The van der Waals surface area contributed by atoms with Gasteiger partial charge in [0.15, 0.2) is 0 Å². The van der Waals surface area contributed by atoms with Crippen LogP contribution in [0.5, 0.6) is 0 Å². The molecule has 0 aromatic heterocycles. The highest BCUT2D eigenvalue weighted by Crippen LogP contribution is 2.47. The smallest absolute Gasteiger partial charge is 0.332 e. The summed E-state index contributed by atoms with van der Waals surface area (Å²) in [5, 5.41) is 9.71. The minimum Gasteiger partial charge on any atom is -0.391 e. The van der Waals surface area contributed by atoms with Gasteiger partial charge in [0.05, 0.1) is 12.3 Å². The van der Waals surface area contributed by atoms with Gasteiger partial charge < -0.3 is 19.9 Å². The van der Waals surface area contributed by atoms with E-state index in [2.05, 4.69) is 0 Å². The Labute approximate surface area is 91.5 Å². The standard InChI is InChI=1S/C9H22NO4P/c1-7(2)5-8(10)9(11)6-15(12,13-3)14-4/h7-9,11H,5-6,10H2,1-4H3/t8-,9-/m1/s1. The molecule has 2 atom stereocenters. The number of hydrogen-bond acceptors (Lipinski definition) is 5. The van der Waals surface area contributed by atoms with Crippen molar-refractivity contribution in [3.8, 4) is 0 Å². The van der Waals surface area contributed by atoms with Crippen LogP contribution in [0.25, 0.3) is 0 Å². The van der Waals surface area contributed by atoms with Crippen LogP contribution in [0, 0.1) is 5.92 Å². The number of aliphatic hydroxyl groups excluding tert-OH is 1. The van der Waals surface area contributed by atoms with Crippen LogP contribution in [0.2, 0.25) is 0 Å². The Bertz CT molecular complexity index is 214. The summed E-state index contributed by atoms with van der Waals surface area (Å²) in [7, 11) is -0.571. The van der Waals surface area contributed by atoms with E-state index in [1.54, 1.807) is 0 Å². The molecule has 0 aromatic rings. The molecule has 92 valence electrons. The third-order valence-corrected chi connectivity index (χ3v) is 4.14. The Morgan fingerprint density at radius 3 is 2.13 bits per heavy atom. The zero-order chi connectivity index (χ0) is 12.1. The van der Waals surface area contributed by atoms with E-state index in [4.69, 9.17) is 14.8 Å². The van der Waals surface area contributed by atoms with Gasteiger partial charge in [-0.15, -0.1) is 0 Å². The molecule has 0 aromatic carbocycles. The molecule has 0 saturated heterocycles. The number of hydrogen-bond donors (Lipinski definition) is 2. The molecule has 5 nitrogen and oxygen atoms in total. The molecule has 0 rings (SSSR count). The Morgan fingerprint density at radius 1 is 1.33 bits per heavy atom. The molecular weight excluding hydrogens is 217 g/mol. The van der Waals surface area contributed by atoms with E-state index in [1.165, 1.54) is 14.2 Å². The van der Waals surface area contributed by atoms with Gasteiger partial charge >= 0.3 is 7.60 Å². The summed E-state index contributed by atoms with van der Waals surface area (Å²) in [5.41, 5.74) is 5.75. The van der Waals surface area contributed by atoms with Gasteiger partial charge in [0.2, 0.25) is 0 Å². The first-order chi connectivity index (χ1) is 6.84. The molecular formula is C9H22NO4P. The van der Waals surface area contributed by atoms with Gasteiger partial charge in [0.25, 0.3) is 0 Å². The highest BCUT2D eigenvalue weighted by Gasteiger charge is 2.29. The fourth-order valence-electron chi connectivity index (χ4n) is 1.29. The van der Waals surface area contributed by atoms with Crippen LogP contribution in [-0.4, -0.2) is 37.6 Å². The summed E-state index contributed by atoms with van der Waals surface area (Å²) in [5.74, 6) is 0.388. The first-order valence-electron chi connectivity index (χ1n) is 4.98. The third-order valence-electron chi connectivity index (χ3n) is 2.20. The summed E-state index contributed by atoms with van der Waals surface area (Å²) in [4.78, 5) is 0. The molecule has 0 saturated carbocycles. The zero-order valence-corrected chi connectivity index (χ0v) is 10.7. The zero-order valence-electron chi connectivity index (χ0n) is 9.84. The second kappa shape index (κ2) is 6.61. The second-order valence-corrected chi connectivity index (χ2v) is 6.34. The molecule has 0 bridgehead atoms. The Kier molecular flexibility index (Phi) is 6.64. The summed E-state index contributed by atoms with van der Waals surface area (Å²) in [6, 6.07) is -0.399. The average molecular weight is 239 g/mol. The minimum atomic E-state index is -3.16. The Balaban J connectivity index is 4.22. The van der Waals surface area contributed by atoms with Crippen LogP contribution >= 0.6 is 7.60 Å². The molecule has 0 aliphatic rings. The van der Waals surface area contributed by atoms with Crippen molar-refractivity contribution in [1.82, 2.24) is 0 Å². The fourth-order valence-corrected chi connectivity index (χ4v) is 2.47. The van der Waals surface area contributed by atoms with E-state index in [-0.39, 0.29) is 6.16 Å². The van der Waals surface area contributed by atoms with Crippen molar-refractivity contribution in [1.29, 1.82) is 0 Å². The maximum Gasteiger partial charge on any atom is 0.332 e. The van der Waals surface area contributed by atoms with Gasteiger partial charge in [-0.2, -0.15) is 0 Å². The van der Waals surface area contributed by atoms with Gasteiger partial charge in [-0.25, -0.2) is 0 Å². The minimum absolute atomic E-state index is 0.0616. The van der Waals surface area contributed by atoms with E-state index >= 15 is 0 Å². The van der Waals surface area contributed by atoms with Gasteiger partial charge in [-0.05, 0) is 12.3 Å². The maximum absolute atomic E-state index is 11.7. The quantitative estimate of drug-likeness (QED) is 0.652. The second-order valence-electron chi connectivity index (χ2n) is 4.02. The maximum atomic E-state index is 11.7. The predicted octanol–water partition coefficient (Wildman–Crippen LogP) is 1.21. The molecule has 0 aliphatic heterocycles. The Hall–Kier alpha value is 0.0700. The van der Waals surface area contributed by atoms with Gasteiger partial charge in [-0.1, -0.05) is 13.8 Å². The van der Waals surface area contributed by atoms with Gasteiger partial charge in [-0.3, -0.25) is 4.57 Å². The molecule has 15 heavy (non-hydrogen) atoms. The first-order valence-corrected chi connectivity index (χ1v) is 6.71. The fraction of sp³-hybridized carbons (Fsp3) is 1.00. The van der Waals surface area contributed by atoms with E-state index in [0.717, 1.165) is 0 Å². The van der Waals surface area contributed by atoms with Gasteiger partial charge in [0, 0.05) is 20.3 Å². The topological polar surface area (TPSA) is 81.8 Å². The van der Waals surface area contributed by atoms with Crippen LogP contribution < -0.4 is 5.73 Å². The Morgan fingerprint density at radius 2 is 1.80 bits per heavy atom. The molecule has 6 heteroatoms. The van der Waals surface area contributed by atoms with Crippen molar-refractivity contribution in [3.05, 3.63) is 0 Å². The van der Waals surface area contributed by atoms with Gasteiger partial charge in [0.1, 0.15) is 0 Å². The van der Waals surface area contributed by atoms with E-state index in [0.29, 0.717) is 12.3 Å². The molecule has 0 aliphatic carbocycles. The lowest BCUT2D eigenvalue weighted by Gasteiger charge is -2.23. The van der Waals surface area contributed by atoms with Crippen LogP contribution in [0.3, 0.4) is 0 Å². The molecule has 0 heterocycles. The number of rotatable bonds is 7. The van der Waals surface area contributed by atoms with E-state index < -0.39 is 19.7 Å². The lowest BCUT2D eigenvalue weighted by atomic mass is 10.0. The summed E-state index contributed by atoms with van der Waals surface area (Å²) < 4.78 is 21.2. The van der Waals surface area contributed by atoms with Crippen molar-refractivity contribution in [2.24, 2.45) is 11.7 Å². The van der Waals surface area contributed by atoms with Crippen LogP contribution in [0.1, 0.15) is 20.3 Å². The molecule has 0 spiro atoms. The predicted molar refractivity (Wildman–Crippen MR) is 59.9 cm³/mol. The molecule has 0 radical (unpaired) electrons. The lowest BCUT2D eigenvalue weighted by Crippen LogP contribution is -2.38. The summed E-state index contributed by atoms with van der Waals surface area (Å²) in [6.45, 7) is 4.03. The van der Waals surface area contributed by atoms with E-state index in [9.17, 15) is 9.67 Å². The molecule has 0 amide bonds. The van der Waals surface area contributed by atoms with Crippen molar-refractivity contribution in [2.45, 2.75) is 32.4 Å².